The molecule has 1 fully saturated rings. The second-order valence-electron chi connectivity index (χ2n) is 6.76. The van der Waals surface area contributed by atoms with Crippen LogP contribution >= 0.6 is 11.6 Å². The number of carbonyl (C=O) groups is 2. The number of nitrogens with zero attached hydrogens (tertiary/aromatic N) is 2. The molecule has 2 N–H and O–H groups in total. The molecule has 1 amide bonds. The van der Waals surface area contributed by atoms with E-state index >= 15 is 0 Å². The summed E-state index contributed by atoms with van der Waals surface area (Å²) in [7, 11) is 1.46. The fraction of sp³-hybridized carbons (Fsp3) is 0.0870. The van der Waals surface area contributed by atoms with Gasteiger partial charge in [0.15, 0.2) is 0 Å². The molecule has 8 heteroatoms. The van der Waals surface area contributed by atoms with Crippen molar-refractivity contribution in [3.63, 3.8) is 0 Å². The van der Waals surface area contributed by atoms with Gasteiger partial charge in [0.1, 0.15) is 23.3 Å². The minimum atomic E-state index is -1.07. The molecule has 0 saturated carbocycles. The number of benzene rings is 2. The molecule has 1 aliphatic rings. The van der Waals surface area contributed by atoms with Gasteiger partial charge in [-0.25, -0.2) is 0 Å². The number of rotatable bonds is 4. The molecule has 0 spiro atoms. The van der Waals surface area contributed by atoms with Crippen LogP contribution in [0.1, 0.15) is 17.3 Å². The fourth-order valence-electron chi connectivity index (χ4n) is 3.52. The van der Waals surface area contributed by atoms with Gasteiger partial charge in [-0.1, -0.05) is 29.8 Å². The fourth-order valence-corrected chi connectivity index (χ4v) is 3.73. The number of aromatic nitrogens is 1. The minimum absolute atomic E-state index is 0.121. The van der Waals surface area contributed by atoms with E-state index in [-0.39, 0.29) is 27.6 Å². The number of methoxy groups -OCH3 is 1. The van der Waals surface area contributed by atoms with E-state index < -0.39 is 23.5 Å². The average molecular weight is 437 g/mol. The number of pyridine rings is 1. The number of Topliss-reactive ketones (excluding diaryl/α,β-unsaturated/α-hetero) is 1. The summed E-state index contributed by atoms with van der Waals surface area (Å²) in [5.41, 5.74) is 0.404. The van der Waals surface area contributed by atoms with Gasteiger partial charge >= 0.3 is 0 Å². The van der Waals surface area contributed by atoms with Crippen molar-refractivity contribution in [3.8, 4) is 11.5 Å². The van der Waals surface area contributed by atoms with E-state index in [0.29, 0.717) is 11.4 Å². The van der Waals surface area contributed by atoms with Crippen LogP contribution in [0, 0.1) is 0 Å². The van der Waals surface area contributed by atoms with Gasteiger partial charge in [0, 0.05) is 11.8 Å². The number of carbonyl (C=O) groups excluding carboxylic acids is 2. The maximum atomic E-state index is 13.1. The van der Waals surface area contributed by atoms with Crippen molar-refractivity contribution in [2.45, 2.75) is 6.04 Å². The van der Waals surface area contributed by atoms with Crippen molar-refractivity contribution < 1.29 is 24.5 Å². The summed E-state index contributed by atoms with van der Waals surface area (Å²) in [5.74, 6) is -2.07. The maximum absolute atomic E-state index is 13.1. The topological polar surface area (TPSA) is 100.0 Å². The lowest BCUT2D eigenvalue weighted by molar-refractivity contribution is -0.132. The number of phenolic OH excluding ortho intramolecular Hbond substituents is 1. The largest absolute Gasteiger partial charge is 0.507 e. The Balaban J connectivity index is 1.99. The van der Waals surface area contributed by atoms with Crippen LogP contribution < -0.4 is 9.64 Å². The lowest BCUT2D eigenvalue weighted by Crippen LogP contribution is -2.29. The Morgan fingerprint density at radius 1 is 1.10 bits per heavy atom. The molecule has 4 rings (SSSR count). The summed E-state index contributed by atoms with van der Waals surface area (Å²) in [4.78, 5) is 31.5. The van der Waals surface area contributed by atoms with Gasteiger partial charge in [-0.2, -0.15) is 0 Å². The highest BCUT2D eigenvalue weighted by Crippen LogP contribution is 2.44. The third-order valence-corrected chi connectivity index (χ3v) is 5.31. The molecule has 1 aromatic heterocycles. The first kappa shape index (κ1) is 20.4. The zero-order valence-electron chi connectivity index (χ0n) is 16.3. The lowest BCUT2D eigenvalue weighted by atomic mass is 9.98. The van der Waals surface area contributed by atoms with Crippen molar-refractivity contribution in [2.24, 2.45) is 0 Å². The van der Waals surface area contributed by atoms with Crippen LogP contribution in [0.5, 0.6) is 11.5 Å². The highest BCUT2D eigenvalue weighted by molar-refractivity contribution is 6.52. The predicted octanol–water partition coefficient (Wildman–Crippen LogP) is 4.08. The van der Waals surface area contributed by atoms with E-state index in [9.17, 15) is 19.8 Å². The van der Waals surface area contributed by atoms with Gasteiger partial charge in [-0.15, -0.1) is 0 Å². The lowest BCUT2D eigenvalue weighted by Gasteiger charge is -2.25. The molecule has 1 atom stereocenters. The number of anilines is 1. The molecule has 0 radical (unpaired) electrons. The normalized spacial score (nSPS) is 17.7. The monoisotopic (exact) mass is 436 g/mol. The summed E-state index contributed by atoms with van der Waals surface area (Å²) in [5, 5.41) is 21.6. The van der Waals surface area contributed by atoms with Gasteiger partial charge in [0.05, 0.1) is 29.1 Å². The average Bonchev–Trinajstić information content (AvgIpc) is 3.05. The van der Waals surface area contributed by atoms with Gasteiger partial charge in [-0.3, -0.25) is 19.5 Å². The van der Waals surface area contributed by atoms with Gasteiger partial charge in [-0.05, 0) is 42.5 Å². The molecule has 1 unspecified atom stereocenters. The van der Waals surface area contributed by atoms with E-state index in [0.717, 1.165) is 4.90 Å². The van der Waals surface area contributed by atoms with Crippen molar-refractivity contribution in [1.82, 2.24) is 4.98 Å². The highest BCUT2D eigenvalue weighted by atomic mass is 35.5. The Kier molecular flexibility index (Phi) is 5.35. The summed E-state index contributed by atoms with van der Waals surface area (Å²) in [6, 6.07) is 14.7. The Labute approximate surface area is 182 Å². The first-order valence-electron chi connectivity index (χ1n) is 9.28. The molecule has 0 aliphatic carbocycles. The number of aliphatic hydroxyl groups excluding tert-OH is 1. The Morgan fingerprint density at radius 3 is 2.52 bits per heavy atom. The smallest absolute Gasteiger partial charge is 0.300 e. The van der Waals surface area contributed by atoms with Crippen LogP contribution in [0.4, 0.5) is 5.69 Å². The quantitative estimate of drug-likeness (QED) is 0.363. The first-order valence-corrected chi connectivity index (χ1v) is 9.65. The molecule has 1 aliphatic heterocycles. The molecule has 156 valence electrons. The minimum Gasteiger partial charge on any atom is -0.507 e. The van der Waals surface area contributed by atoms with E-state index in [2.05, 4.69) is 4.98 Å². The molecule has 2 heterocycles. The number of phenols is 1. The zero-order valence-corrected chi connectivity index (χ0v) is 17.1. The second kappa shape index (κ2) is 8.12. The SMILES string of the molecule is COc1ccc(Cl)c(/C(O)=C2\C(=O)C(=O)N(c3ccccc3O)C2c2ccccn2)c1. The summed E-state index contributed by atoms with van der Waals surface area (Å²) in [6.07, 6.45) is 1.51. The number of aliphatic hydroxyl groups is 1. The molecule has 7 nitrogen and oxygen atoms in total. The predicted molar refractivity (Wildman–Crippen MR) is 115 cm³/mol. The van der Waals surface area contributed by atoms with Crippen molar-refractivity contribution >= 4 is 34.7 Å². The third kappa shape index (κ3) is 3.49. The summed E-state index contributed by atoms with van der Waals surface area (Å²) in [6.45, 7) is 0. The van der Waals surface area contributed by atoms with E-state index in [4.69, 9.17) is 16.3 Å². The van der Waals surface area contributed by atoms with Crippen LogP contribution in [0.25, 0.3) is 5.76 Å². The van der Waals surface area contributed by atoms with Gasteiger partial charge in [0.25, 0.3) is 11.7 Å². The number of amides is 1. The number of ketones is 1. The molecular weight excluding hydrogens is 420 g/mol. The number of para-hydroxylation sites is 2. The Bertz CT molecular complexity index is 1210. The first-order chi connectivity index (χ1) is 14.9. The molecule has 1 saturated heterocycles. The highest BCUT2D eigenvalue weighted by Gasteiger charge is 2.48. The standard InChI is InChI=1S/C23H17ClN2O5/c1-31-13-9-10-15(24)14(12-13)21(28)19-20(16-6-4-5-11-25-16)26(23(30)22(19)29)17-7-2-3-8-18(17)27/h2-12,20,27-28H,1H3/b21-19+. The van der Waals surface area contributed by atoms with Crippen LogP contribution in [-0.2, 0) is 9.59 Å². The van der Waals surface area contributed by atoms with Gasteiger partial charge in [0.2, 0.25) is 0 Å². The second-order valence-corrected chi connectivity index (χ2v) is 7.17. The molecule has 31 heavy (non-hydrogen) atoms. The van der Waals surface area contributed by atoms with E-state index in [1.54, 1.807) is 36.4 Å². The number of hydrogen-bond acceptors (Lipinski definition) is 6. The molecule has 2 aromatic carbocycles. The number of halogens is 1. The van der Waals surface area contributed by atoms with Crippen LogP contribution in [-0.4, -0.2) is 34.0 Å². The summed E-state index contributed by atoms with van der Waals surface area (Å²) >= 11 is 6.27. The van der Waals surface area contributed by atoms with Crippen molar-refractivity contribution in [3.05, 3.63) is 88.7 Å². The van der Waals surface area contributed by atoms with Gasteiger partial charge < -0.3 is 14.9 Å². The van der Waals surface area contributed by atoms with Crippen LogP contribution in [0.15, 0.2) is 72.4 Å². The van der Waals surface area contributed by atoms with Crippen molar-refractivity contribution in [2.75, 3.05) is 12.0 Å². The molecule has 3 aromatic rings. The van der Waals surface area contributed by atoms with E-state index in [1.807, 2.05) is 0 Å². The van der Waals surface area contributed by atoms with Crippen molar-refractivity contribution in [1.29, 1.82) is 0 Å². The van der Waals surface area contributed by atoms with Crippen LogP contribution in [0.2, 0.25) is 5.02 Å². The zero-order chi connectivity index (χ0) is 22.1. The number of aromatic hydroxyl groups is 1. The van der Waals surface area contributed by atoms with Crippen LogP contribution in [0.3, 0.4) is 0 Å². The Hall–Kier alpha value is -3.84. The van der Waals surface area contributed by atoms with E-state index in [1.165, 1.54) is 37.6 Å². The Morgan fingerprint density at radius 2 is 1.84 bits per heavy atom. The number of hydrogen-bond donors (Lipinski definition) is 2. The number of ether oxygens (including phenoxy) is 1. The third-order valence-electron chi connectivity index (χ3n) is 4.98. The molecule has 0 bridgehead atoms. The molecular formula is C23H17ClN2O5. The summed E-state index contributed by atoms with van der Waals surface area (Å²) < 4.78 is 5.19. The maximum Gasteiger partial charge on any atom is 0.300 e.